The van der Waals surface area contributed by atoms with Crippen molar-refractivity contribution in [2.24, 2.45) is 5.92 Å². The Kier molecular flexibility index (Phi) is 4.08. The minimum Gasteiger partial charge on any atom is -0.445 e. The van der Waals surface area contributed by atoms with E-state index in [-0.39, 0.29) is 5.91 Å². The van der Waals surface area contributed by atoms with Crippen molar-refractivity contribution in [2.75, 3.05) is 6.54 Å². The number of carbonyl (C=O) groups is 1. The van der Waals surface area contributed by atoms with Crippen LogP contribution < -0.4 is 5.32 Å². The number of nitrogens with zero attached hydrogens (tertiary/aromatic N) is 1. The van der Waals surface area contributed by atoms with E-state index in [1.807, 2.05) is 6.92 Å². The van der Waals surface area contributed by atoms with E-state index in [2.05, 4.69) is 10.3 Å². The fourth-order valence-electron chi connectivity index (χ4n) is 3.17. The molecule has 2 fully saturated rings. The van der Waals surface area contributed by atoms with E-state index in [9.17, 15) is 4.79 Å². The highest BCUT2D eigenvalue weighted by molar-refractivity contribution is 5.93. The summed E-state index contributed by atoms with van der Waals surface area (Å²) in [6.45, 7) is 2.62. The van der Waals surface area contributed by atoms with Gasteiger partial charge in [0.2, 0.25) is 0 Å². The van der Waals surface area contributed by atoms with Gasteiger partial charge in [0.05, 0.1) is 0 Å². The molecule has 20 heavy (non-hydrogen) atoms. The van der Waals surface area contributed by atoms with Gasteiger partial charge < -0.3 is 9.73 Å². The van der Waals surface area contributed by atoms with Crippen LogP contribution in [0.25, 0.3) is 0 Å². The van der Waals surface area contributed by atoms with Gasteiger partial charge in [-0.15, -0.1) is 0 Å². The van der Waals surface area contributed by atoms with Crippen molar-refractivity contribution in [3.8, 4) is 0 Å². The summed E-state index contributed by atoms with van der Waals surface area (Å²) in [5.41, 5.74) is 0.489. The van der Waals surface area contributed by atoms with Crippen molar-refractivity contribution in [3.63, 3.8) is 0 Å². The van der Waals surface area contributed by atoms with Crippen LogP contribution >= 0.6 is 0 Å². The van der Waals surface area contributed by atoms with Crippen molar-refractivity contribution >= 4 is 5.91 Å². The van der Waals surface area contributed by atoms with E-state index >= 15 is 0 Å². The summed E-state index contributed by atoms with van der Waals surface area (Å²) in [4.78, 5) is 16.6. The number of hydrogen-bond acceptors (Lipinski definition) is 3. The van der Waals surface area contributed by atoms with Gasteiger partial charge in [-0.05, 0) is 38.5 Å². The van der Waals surface area contributed by atoms with Crippen LogP contribution in [0.3, 0.4) is 0 Å². The normalized spacial score (nSPS) is 20.6. The minimum atomic E-state index is -0.0672. The standard InChI is InChI=1S/C16H24N2O2/c1-11-14(18-16(20-11)13-8-5-9-13)15(19)17-10-12-6-3-2-4-7-12/h12-13H,2-10H2,1H3,(H,17,19). The zero-order chi connectivity index (χ0) is 13.9. The van der Waals surface area contributed by atoms with Crippen LogP contribution in [0, 0.1) is 12.8 Å². The Morgan fingerprint density at radius 1 is 1.20 bits per heavy atom. The summed E-state index contributed by atoms with van der Waals surface area (Å²) in [5, 5.41) is 3.04. The number of rotatable bonds is 4. The van der Waals surface area contributed by atoms with Crippen LogP contribution in [0.5, 0.6) is 0 Å². The van der Waals surface area contributed by atoms with Gasteiger partial charge in [0.25, 0.3) is 5.91 Å². The van der Waals surface area contributed by atoms with Gasteiger partial charge in [-0.3, -0.25) is 4.79 Å². The second-order valence-electron chi connectivity index (χ2n) is 6.30. The molecule has 3 rings (SSSR count). The lowest BCUT2D eigenvalue weighted by Gasteiger charge is -2.21. The highest BCUT2D eigenvalue weighted by Crippen LogP contribution is 2.36. The highest BCUT2D eigenvalue weighted by atomic mass is 16.4. The monoisotopic (exact) mass is 276 g/mol. The van der Waals surface area contributed by atoms with Gasteiger partial charge in [0.15, 0.2) is 11.6 Å². The maximum absolute atomic E-state index is 12.2. The zero-order valence-electron chi connectivity index (χ0n) is 12.3. The molecule has 1 heterocycles. The molecule has 0 bridgehead atoms. The average Bonchev–Trinajstić information content (AvgIpc) is 2.77. The van der Waals surface area contributed by atoms with Crippen molar-refractivity contribution in [1.29, 1.82) is 0 Å². The molecule has 1 N–H and O–H groups in total. The fraction of sp³-hybridized carbons (Fsp3) is 0.750. The first kappa shape index (κ1) is 13.7. The maximum Gasteiger partial charge on any atom is 0.273 e. The summed E-state index contributed by atoms with van der Waals surface area (Å²) in [5.74, 6) is 2.44. The Labute approximate surface area is 120 Å². The second-order valence-corrected chi connectivity index (χ2v) is 6.30. The molecule has 0 saturated heterocycles. The van der Waals surface area contributed by atoms with Crippen LogP contribution in [-0.2, 0) is 0 Å². The molecular formula is C16H24N2O2. The smallest absolute Gasteiger partial charge is 0.273 e. The zero-order valence-corrected chi connectivity index (χ0v) is 12.3. The summed E-state index contributed by atoms with van der Waals surface area (Å²) < 4.78 is 5.66. The molecule has 2 saturated carbocycles. The van der Waals surface area contributed by atoms with Crippen molar-refractivity contribution < 1.29 is 9.21 Å². The predicted octanol–water partition coefficient (Wildman–Crippen LogP) is 3.56. The molecule has 0 radical (unpaired) electrons. The molecule has 0 aliphatic heterocycles. The summed E-state index contributed by atoms with van der Waals surface area (Å²) in [6, 6.07) is 0. The quantitative estimate of drug-likeness (QED) is 0.914. The molecule has 1 aromatic rings. The lowest BCUT2D eigenvalue weighted by molar-refractivity contribution is 0.0937. The summed E-state index contributed by atoms with van der Waals surface area (Å²) in [6.07, 6.45) is 9.96. The van der Waals surface area contributed by atoms with Gasteiger partial charge in [-0.1, -0.05) is 25.7 Å². The Hall–Kier alpha value is -1.32. The molecule has 0 aromatic carbocycles. The van der Waals surface area contributed by atoms with Gasteiger partial charge >= 0.3 is 0 Å². The highest BCUT2D eigenvalue weighted by Gasteiger charge is 2.27. The maximum atomic E-state index is 12.2. The van der Waals surface area contributed by atoms with E-state index in [1.54, 1.807) is 0 Å². The molecular weight excluding hydrogens is 252 g/mol. The predicted molar refractivity (Wildman–Crippen MR) is 76.7 cm³/mol. The van der Waals surface area contributed by atoms with Crippen LogP contribution in [0.4, 0.5) is 0 Å². The van der Waals surface area contributed by atoms with Gasteiger partial charge in [-0.25, -0.2) is 4.98 Å². The molecule has 1 aromatic heterocycles. The third-order valence-electron chi connectivity index (χ3n) is 4.76. The summed E-state index contributed by atoms with van der Waals surface area (Å²) in [7, 11) is 0. The fourth-order valence-corrected chi connectivity index (χ4v) is 3.17. The van der Waals surface area contributed by atoms with Gasteiger partial charge in [0.1, 0.15) is 5.76 Å². The number of oxazole rings is 1. The van der Waals surface area contributed by atoms with Crippen LogP contribution in [-0.4, -0.2) is 17.4 Å². The Balaban J connectivity index is 1.57. The molecule has 2 aliphatic carbocycles. The Morgan fingerprint density at radius 2 is 1.95 bits per heavy atom. The largest absolute Gasteiger partial charge is 0.445 e. The molecule has 0 unspecified atom stereocenters. The van der Waals surface area contributed by atoms with Crippen LogP contribution in [0.2, 0.25) is 0 Å². The molecule has 1 amide bonds. The lowest BCUT2D eigenvalue weighted by atomic mass is 9.85. The van der Waals surface area contributed by atoms with E-state index < -0.39 is 0 Å². The third kappa shape index (κ3) is 2.89. The molecule has 110 valence electrons. The first-order valence-corrected chi connectivity index (χ1v) is 7.99. The SMILES string of the molecule is Cc1oc(C2CCC2)nc1C(=O)NCC1CCCCC1. The van der Waals surface area contributed by atoms with Crippen molar-refractivity contribution in [1.82, 2.24) is 10.3 Å². The van der Waals surface area contributed by atoms with E-state index in [0.29, 0.717) is 23.3 Å². The Morgan fingerprint density at radius 3 is 2.60 bits per heavy atom. The molecule has 4 heteroatoms. The first-order valence-electron chi connectivity index (χ1n) is 7.99. The number of aromatic nitrogens is 1. The topological polar surface area (TPSA) is 55.1 Å². The Bertz CT molecular complexity index is 471. The van der Waals surface area contributed by atoms with E-state index in [4.69, 9.17) is 4.42 Å². The van der Waals surface area contributed by atoms with Crippen LogP contribution in [0.15, 0.2) is 4.42 Å². The number of aryl methyl sites for hydroxylation is 1. The van der Waals surface area contributed by atoms with Crippen molar-refractivity contribution in [2.45, 2.75) is 64.2 Å². The molecule has 0 spiro atoms. The molecule has 4 nitrogen and oxygen atoms in total. The van der Waals surface area contributed by atoms with E-state index in [0.717, 1.165) is 25.3 Å². The minimum absolute atomic E-state index is 0.0672. The number of carbonyl (C=O) groups excluding carboxylic acids is 1. The molecule has 0 atom stereocenters. The van der Waals surface area contributed by atoms with Gasteiger partial charge in [-0.2, -0.15) is 0 Å². The van der Waals surface area contributed by atoms with Crippen LogP contribution in [0.1, 0.15) is 79.4 Å². The number of nitrogens with one attached hydrogen (secondary N) is 1. The second kappa shape index (κ2) is 5.98. The number of hydrogen-bond donors (Lipinski definition) is 1. The van der Waals surface area contributed by atoms with E-state index in [1.165, 1.54) is 38.5 Å². The van der Waals surface area contributed by atoms with Gasteiger partial charge in [0, 0.05) is 12.5 Å². The number of amides is 1. The first-order chi connectivity index (χ1) is 9.74. The lowest BCUT2D eigenvalue weighted by Crippen LogP contribution is -2.30. The average molecular weight is 276 g/mol. The third-order valence-corrected chi connectivity index (χ3v) is 4.76. The van der Waals surface area contributed by atoms with Crippen molar-refractivity contribution in [3.05, 3.63) is 17.3 Å². The summed E-state index contributed by atoms with van der Waals surface area (Å²) >= 11 is 0. The molecule has 2 aliphatic rings.